The Morgan fingerprint density at radius 1 is 1.53 bits per heavy atom. The number of aliphatic hydroxyl groups is 1. The Morgan fingerprint density at radius 2 is 2.24 bits per heavy atom. The van der Waals surface area contributed by atoms with E-state index in [2.05, 4.69) is 15.9 Å². The minimum Gasteiger partial charge on any atom is -0.495 e. The fourth-order valence-corrected chi connectivity index (χ4v) is 2.43. The van der Waals surface area contributed by atoms with Gasteiger partial charge >= 0.3 is 0 Å². The third kappa shape index (κ3) is 2.20. The quantitative estimate of drug-likeness (QED) is 0.878. The molecule has 0 amide bonds. The summed E-state index contributed by atoms with van der Waals surface area (Å²) >= 11 is 3.39. The summed E-state index contributed by atoms with van der Waals surface area (Å²) in [5.74, 6) is 1.71. The lowest BCUT2D eigenvalue weighted by Gasteiger charge is -2.23. The number of halogens is 1. The zero-order valence-corrected chi connectivity index (χ0v) is 11.0. The van der Waals surface area contributed by atoms with Crippen LogP contribution in [0.4, 0.5) is 0 Å². The second-order valence-corrected chi connectivity index (χ2v) is 4.38. The first kappa shape index (κ1) is 12.5. The molecule has 0 bridgehead atoms. The minimum atomic E-state index is -0.794. The first-order chi connectivity index (χ1) is 8.19. The molecule has 1 aromatic rings. The number of aliphatic hydroxyl groups excluding tert-OH is 1. The van der Waals surface area contributed by atoms with Crippen LogP contribution in [-0.2, 0) is 0 Å². The van der Waals surface area contributed by atoms with Crippen LogP contribution in [-0.4, -0.2) is 32.0 Å². The van der Waals surface area contributed by atoms with Crippen LogP contribution in [0.3, 0.4) is 0 Å². The molecule has 2 rings (SSSR count). The van der Waals surface area contributed by atoms with E-state index in [-0.39, 0.29) is 6.54 Å². The summed E-state index contributed by atoms with van der Waals surface area (Å²) < 4.78 is 16.9. The fraction of sp³-hybridized carbons (Fsp3) is 0.455. The highest BCUT2D eigenvalue weighted by molar-refractivity contribution is 9.10. The lowest BCUT2D eigenvalue weighted by atomic mass is 10.1. The summed E-state index contributed by atoms with van der Waals surface area (Å²) in [7, 11) is 1.53. The summed E-state index contributed by atoms with van der Waals surface area (Å²) in [6.45, 7) is 1.10. The normalized spacial score (nSPS) is 15.5. The molecule has 1 aliphatic heterocycles. The van der Waals surface area contributed by atoms with Crippen LogP contribution in [0.1, 0.15) is 11.7 Å². The number of nitrogens with two attached hydrogens (primary N) is 1. The van der Waals surface area contributed by atoms with Gasteiger partial charge in [-0.25, -0.2) is 0 Å². The summed E-state index contributed by atoms with van der Waals surface area (Å²) in [5.41, 5.74) is 6.05. The average Bonchev–Trinajstić information content (AvgIpc) is 2.37. The highest BCUT2D eigenvalue weighted by Crippen LogP contribution is 2.47. The zero-order valence-electron chi connectivity index (χ0n) is 9.40. The molecule has 1 aliphatic rings. The van der Waals surface area contributed by atoms with Crippen LogP contribution in [0, 0.1) is 0 Å². The van der Waals surface area contributed by atoms with E-state index in [1.54, 1.807) is 6.07 Å². The largest absolute Gasteiger partial charge is 0.495 e. The van der Waals surface area contributed by atoms with Gasteiger partial charge in [-0.15, -0.1) is 0 Å². The van der Waals surface area contributed by atoms with Crippen molar-refractivity contribution in [2.75, 3.05) is 26.9 Å². The van der Waals surface area contributed by atoms with E-state index in [4.69, 9.17) is 19.9 Å². The maximum absolute atomic E-state index is 9.85. The maximum Gasteiger partial charge on any atom is 0.179 e. The molecule has 0 radical (unpaired) electrons. The molecule has 5 nitrogen and oxygen atoms in total. The number of hydrogen-bond acceptors (Lipinski definition) is 5. The third-order valence-electron chi connectivity index (χ3n) is 2.54. The predicted octanol–water partition coefficient (Wildman–Crippen LogP) is 1.22. The summed E-state index contributed by atoms with van der Waals surface area (Å²) in [4.78, 5) is 0. The molecule has 1 atom stereocenters. The van der Waals surface area contributed by atoms with E-state index < -0.39 is 6.10 Å². The molecule has 1 unspecified atom stereocenters. The summed E-state index contributed by atoms with van der Waals surface area (Å²) in [5, 5.41) is 9.85. The van der Waals surface area contributed by atoms with Crippen molar-refractivity contribution in [3.8, 4) is 17.2 Å². The van der Waals surface area contributed by atoms with Crippen molar-refractivity contribution < 1.29 is 19.3 Å². The van der Waals surface area contributed by atoms with Crippen molar-refractivity contribution in [3.63, 3.8) is 0 Å². The molecule has 6 heteroatoms. The van der Waals surface area contributed by atoms with Crippen LogP contribution < -0.4 is 19.9 Å². The molecule has 17 heavy (non-hydrogen) atoms. The summed E-state index contributed by atoms with van der Waals surface area (Å²) in [6, 6.07) is 1.70. The lowest BCUT2D eigenvalue weighted by Crippen LogP contribution is -2.18. The lowest BCUT2D eigenvalue weighted by molar-refractivity contribution is 0.162. The molecule has 3 N–H and O–H groups in total. The number of ether oxygens (including phenoxy) is 3. The van der Waals surface area contributed by atoms with Crippen LogP contribution in [0.5, 0.6) is 17.2 Å². The second-order valence-electron chi connectivity index (χ2n) is 3.59. The number of rotatable bonds is 3. The van der Waals surface area contributed by atoms with E-state index in [0.29, 0.717) is 40.5 Å². The minimum absolute atomic E-state index is 0.114. The smallest absolute Gasteiger partial charge is 0.179 e. The van der Waals surface area contributed by atoms with Gasteiger partial charge in [0.05, 0.1) is 13.2 Å². The molecule has 0 saturated carbocycles. The van der Waals surface area contributed by atoms with E-state index in [0.717, 1.165) is 0 Å². The molecule has 0 aliphatic carbocycles. The van der Waals surface area contributed by atoms with Gasteiger partial charge in [-0.05, 0) is 22.0 Å². The van der Waals surface area contributed by atoms with Crippen molar-refractivity contribution in [3.05, 3.63) is 16.1 Å². The second kappa shape index (κ2) is 5.12. The first-order valence-electron chi connectivity index (χ1n) is 5.23. The summed E-state index contributed by atoms with van der Waals surface area (Å²) in [6.07, 6.45) is -0.794. The SMILES string of the molecule is COc1c(C(O)CN)cc2c(c1Br)OCCO2. The standard InChI is InChI=1S/C11H14BrNO4/c1-15-10-6(7(14)5-13)4-8-11(9(10)12)17-3-2-16-8/h4,7,14H,2-3,5,13H2,1H3. The Bertz CT molecular complexity index is 424. The Labute approximate surface area is 108 Å². The van der Waals surface area contributed by atoms with Gasteiger partial charge in [0.2, 0.25) is 0 Å². The first-order valence-corrected chi connectivity index (χ1v) is 6.02. The van der Waals surface area contributed by atoms with Gasteiger partial charge in [0, 0.05) is 12.1 Å². The van der Waals surface area contributed by atoms with Gasteiger partial charge in [-0.1, -0.05) is 0 Å². The van der Waals surface area contributed by atoms with Crippen molar-refractivity contribution in [2.45, 2.75) is 6.10 Å². The predicted molar refractivity (Wildman–Crippen MR) is 65.7 cm³/mol. The van der Waals surface area contributed by atoms with E-state index in [9.17, 15) is 5.11 Å². The van der Waals surface area contributed by atoms with Crippen LogP contribution in [0.2, 0.25) is 0 Å². The number of benzene rings is 1. The van der Waals surface area contributed by atoms with Crippen LogP contribution >= 0.6 is 15.9 Å². The molecular formula is C11H14BrNO4. The van der Waals surface area contributed by atoms with Gasteiger partial charge in [-0.2, -0.15) is 0 Å². The molecule has 1 heterocycles. The van der Waals surface area contributed by atoms with E-state index >= 15 is 0 Å². The van der Waals surface area contributed by atoms with Gasteiger partial charge in [-0.3, -0.25) is 0 Å². The Morgan fingerprint density at radius 3 is 2.88 bits per heavy atom. The van der Waals surface area contributed by atoms with Crippen LogP contribution in [0.15, 0.2) is 10.5 Å². The maximum atomic E-state index is 9.85. The number of hydrogen-bond donors (Lipinski definition) is 2. The zero-order chi connectivity index (χ0) is 12.4. The van der Waals surface area contributed by atoms with Crippen LogP contribution in [0.25, 0.3) is 0 Å². The van der Waals surface area contributed by atoms with Crippen molar-refractivity contribution >= 4 is 15.9 Å². The number of methoxy groups -OCH3 is 1. The molecule has 0 fully saturated rings. The molecule has 0 aromatic heterocycles. The van der Waals surface area contributed by atoms with Gasteiger partial charge in [0.25, 0.3) is 0 Å². The highest BCUT2D eigenvalue weighted by atomic mass is 79.9. The van der Waals surface area contributed by atoms with Gasteiger partial charge < -0.3 is 25.1 Å². The third-order valence-corrected chi connectivity index (χ3v) is 3.27. The Balaban J connectivity index is 2.55. The molecule has 0 spiro atoms. The molecule has 0 saturated heterocycles. The fourth-order valence-electron chi connectivity index (χ4n) is 1.73. The van der Waals surface area contributed by atoms with Crippen molar-refractivity contribution in [1.29, 1.82) is 0 Å². The Hall–Kier alpha value is -0.980. The molecule has 1 aromatic carbocycles. The van der Waals surface area contributed by atoms with E-state index in [1.165, 1.54) is 7.11 Å². The molecular weight excluding hydrogens is 290 g/mol. The van der Waals surface area contributed by atoms with Crippen molar-refractivity contribution in [2.24, 2.45) is 5.73 Å². The number of fused-ring (bicyclic) bond motifs is 1. The molecule has 94 valence electrons. The monoisotopic (exact) mass is 303 g/mol. The Kier molecular flexibility index (Phi) is 3.76. The topological polar surface area (TPSA) is 73.9 Å². The van der Waals surface area contributed by atoms with Crippen molar-refractivity contribution in [1.82, 2.24) is 0 Å². The van der Waals surface area contributed by atoms with Gasteiger partial charge in [0.1, 0.15) is 23.4 Å². The van der Waals surface area contributed by atoms with Gasteiger partial charge in [0.15, 0.2) is 11.5 Å². The van der Waals surface area contributed by atoms with E-state index in [1.807, 2.05) is 0 Å². The highest BCUT2D eigenvalue weighted by Gasteiger charge is 2.24. The average molecular weight is 304 g/mol.